The van der Waals surface area contributed by atoms with Crippen LogP contribution in [0.2, 0.25) is 0 Å². The van der Waals surface area contributed by atoms with Crippen LogP contribution in [0.4, 0.5) is 5.69 Å². The number of halogens is 1. The molecule has 0 spiro atoms. The molecule has 182 valence electrons. The van der Waals surface area contributed by atoms with Crippen molar-refractivity contribution in [2.75, 3.05) is 11.9 Å². The average Bonchev–Trinajstić information content (AvgIpc) is 2.79. The molecule has 0 radical (unpaired) electrons. The molecular weight excluding hydrogens is 526 g/mol. The lowest BCUT2D eigenvalue weighted by Gasteiger charge is -2.20. The lowest BCUT2D eigenvalue weighted by atomic mass is 10.1. The van der Waals surface area contributed by atoms with E-state index in [1.165, 1.54) is 5.56 Å². The van der Waals surface area contributed by atoms with Gasteiger partial charge in [-0.1, -0.05) is 36.4 Å². The average molecular weight is 555 g/mol. The topological polar surface area (TPSA) is 79.5 Å². The van der Waals surface area contributed by atoms with Crippen LogP contribution in [0.25, 0.3) is 0 Å². The zero-order valence-corrected chi connectivity index (χ0v) is 22.3. The lowest BCUT2D eigenvalue weighted by Crippen LogP contribution is -2.40. The first-order valence-electron chi connectivity index (χ1n) is 11.1. The molecule has 0 aliphatic rings. The Morgan fingerprint density at radius 1 is 0.914 bits per heavy atom. The van der Waals surface area contributed by atoms with Crippen molar-refractivity contribution in [1.82, 2.24) is 10.6 Å². The van der Waals surface area contributed by atoms with Gasteiger partial charge in [-0.25, -0.2) is 0 Å². The third-order valence-electron chi connectivity index (χ3n) is 4.78. The van der Waals surface area contributed by atoms with Crippen LogP contribution in [-0.2, 0) is 6.42 Å². The number of hydrogen-bond acceptors (Lipinski definition) is 4. The quantitative estimate of drug-likeness (QED) is 0.326. The number of anilines is 1. The van der Waals surface area contributed by atoms with Gasteiger partial charge in [0.2, 0.25) is 0 Å². The maximum Gasteiger partial charge on any atom is 0.257 e. The third-order valence-corrected chi connectivity index (χ3v) is 5.61. The molecule has 2 amide bonds. The Morgan fingerprint density at radius 3 is 2.31 bits per heavy atom. The maximum absolute atomic E-state index is 12.7. The summed E-state index contributed by atoms with van der Waals surface area (Å²) < 4.78 is 6.52. The van der Waals surface area contributed by atoms with E-state index < -0.39 is 0 Å². The fraction of sp³-hybridized carbons (Fsp3) is 0.222. The summed E-state index contributed by atoms with van der Waals surface area (Å²) in [5.74, 6) is 0.108. The number of benzene rings is 3. The van der Waals surface area contributed by atoms with Crippen molar-refractivity contribution < 1.29 is 14.3 Å². The van der Waals surface area contributed by atoms with E-state index in [0.29, 0.717) is 33.6 Å². The normalized spacial score (nSPS) is 10.9. The van der Waals surface area contributed by atoms with E-state index >= 15 is 0 Å². The first kappa shape index (κ1) is 26.4. The molecule has 0 aliphatic carbocycles. The summed E-state index contributed by atoms with van der Waals surface area (Å²) >= 11 is 8.76. The van der Waals surface area contributed by atoms with Gasteiger partial charge in [0.05, 0.1) is 11.1 Å². The van der Waals surface area contributed by atoms with Crippen molar-refractivity contribution in [1.29, 1.82) is 0 Å². The molecule has 0 saturated carbocycles. The van der Waals surface area contributed by atoms with Gasteiger partial charge in [0.25, 0.3) is 11.8 Å². The van der Waals surface area contributed by atoms with Crippen LogP contribution in [0.15, 0.2) is 77.3 Å². The molecule has 0 atom stereocenters. The highest BCUT2D eigenvalue weighted by Crippen LogP contribution is 2.26. The van der Waals surface area contributed by atoms with Crippen LogP contribution < -0.4 is 20.7 Å². The van der Waals surface area contributed by atoms with Gasteiger partial charge in [-0.2, -0.15) is 0 Å². The Balaban J connectivity index is 1.54. The molecule has 3 aromatic carbocycles. The Bertz CT molecular complexity index is 1210. The number of ether oxygens (including phenoxy) is 1. The van der Waals surface area contributed by atoms with E-state index in [1.54, 1.807) is 42.5 Å². The van der Waals surface area contributed by atoms with Crippen molar-refractivity contribution in [2.45, 2.75) is 32.7 Å². The minimum atomic E-state index is -0.360. The maximum atomic E-state index is 12.7. The number of rotatable bonds is 7. The van der Waals surface area contributed by atoms with Crippen molar-refractivity contribution >= 4 is 50.8 Å². The lowest BCUT2D eigenvalue weighted by molar-refractivity contribution is 0.0918. The summed E-state index contributed by atoms with van der Waals surface area (Å²) in [5, 5.41) is 8.66. The van der Waals surface area contributed by atoms with Gasteiger partial charge in [-0.15, -0.1) is 0 Å². The first-order chi connectivity index (χ1) is 16.6. The second-order valence-electron chi connectivity index (χ2n) is 8.92. The largest absolute Gasteiger partial charge is 0.492 e. The number of thiocarbonyl (C=S) groups is 1. The summed E-state index contributed by atoms with van der Waals surface area (Å²) in [7, 11) is 0. The molecule has 0 aromatic heterocycles. The fourth-order valence-corrected chi connectivity index (χ4v) is 3.88. The Hall–Kier alpha value is -3.23. The van der Waals surface area contributed by atoms with E-state index in [2.05, 4.69) is 44.0 Å². The summed E-state index contributed by atoms with van der Waals surface area (Å²) in [6.07, 6.45) is 0.786. The Kier molecular flexibility index (Phi) is 9.01. The molecule has 0 saturated heterocycles. The number of carbonyl (C=O) groups is 2. The highest BCUT2D eigenvalue weighted by atomic mass is 79.9. The van der Waals surface area contributed by atoms with E-state index in [0.717, 1.165) is 6.42 Å². The van der Waals surface area contributed by atoms with Crippen LogP contribution in [0.3, 0.4) is 0 Å². The van der Waals surface area contributed by atoms with Crippen LogP contribution in [-0.4, -0.2) is 29.1 Å². The SMILES string of the molecule is CC(C)(C)NC(=O)c1cccc(NC(=S)NC(=O)c2ccc(OCCc3ccccc3)c(Br)c2)c1. The van der Waals surface area contributed by atoms with Gasteiger partial charge in [0.1, 0.15) is 5.75 Å². The Labute approximate surface area is 219 Å². The minimum absolute atomic E-state index is 0.127. The van der Waals surface area contributed by atoms with Gasteiger partial charge >= 0.3 is 0 Å². The molecule has 3 N–H and O–H groups in total. The molecule has 0 unspecified atom stereocenters. The van der Waals surface area contributed by atoms with Gasteiger partial charge in [-0.05, 0) is 90.9 Å². The number of hydrogen-bond donors (Lipinski definition) is 3. The van der Waals surface area contributed by atoms with Gasteiger partial charge in [-0.3, -0.25) is 14.9 Å². The summed E-state index contributed by atoms with van der Waals surface area (Å²) in [6, 6.07) is 22.1. The smallest absolute Gasteiger partial charge is 0.257 e. The summed E-state index contributed by atoms with van der Waals surface area (Å²) in [5.41, 5.74) is 2.36. The standard InChI is InChI=1S/C27H28BrN3O3S/c1-27(2,3)31-25(33)19-10-7-11-21(16-19)29-26(35)30-24(32)20-12-13-23(22(28)17-20)34-15-14-18-8-5-4-6-9-18/h4-13,16-17H,14-15H2,1-3H3,(H,31,33)(H2,29,30,32,35). The van der Waals surface area contributed by atoms with Gasteiger partial charge in [0.15, 0.2) is 5.11 Å². The van der Waals surface area contributed by atoms with Crippen molar-refractivity contribution in [2.24, 2.45) is 0 Å². The minimum Gasteiger partial charge on any atom is -0.492 e. The fourth-order valence-electron chi connectivity index (χ4n) is 3.17. The van der Waals surface area contributed by atoms with Crippen LogP contribution in [0.1, 0.15) is 47.1 Å². The zero-order chi connectivity index (χ0) is 25.4. The highest BCUT2D eigenvalue weighted by Gasteiger charge is 2.16. The molecule has 8 heteroatoms. The third kappa shape index (κ3) is 8.49. The van der Waals surface area contributed by atoms with E-state index in [-0.39, 0.29) is 22.5 Å². The second kappa shape index (κ2) is 12.0. The Morgan fingerprint density at radius 2 is 1.63 bits per heavy atom. The molecular formula is C27H28BrN3O3S. The molecule has 0 heterocycles. The van der Waals surface area contributed by atoms with Gasteiger partial charge < -0.3 is 15.4 Å². The van der Waals surface area contributed by atoms with E-state index in [1.807, 2.05) is 39.0 Å². The number of amides is 2. The van der Waals surface area contributed by atoms with Crippen LogP contribution in [0.5, 0.6) is 5.75 Å². The van der Waals surface area contributed by atoms with Crippen molar-refractivity contribution in [3.05, 3.63) is 94.0 Å². The molecule has 0 aliphatic heterocycles. The van der Waals surface area contributed by atoms with Gasteiger partial charge in [0, 0.05) is 28.8 Å². The zero-order valence-electron chi connectivity index (χ0n) is 19.9. The summed E-state index contributed by atoms with van der Waals surface area (Å²) in [4.78, 5) is 25.1. The van der Waals surface area contributed by atoms with Crippen molar-refractivity contribution in [3.63, 3.8) is 0 Å². The molecule has 3 rings (SSSR count). The van der Waals surface area contributed by atoms with E-state index in [4.69, 9.17) is 17.0 Å². The number of nitrogens with one attached hydrogen (secondary N) is 3. The van der Waals surface area contributed by atoms with Crippen molar-refractivity contribution in [3.8, 4) is 5.75 Å². The van der Waals surface area contributed by atoms with E-state index in [9.17, 15) is 9.59 Å². The first-order valence-corrected chi connectivity index (χ1v) is 12.3. The predicted octanol–water partition coefficient (Wildman–Crippen LogP) is 5.73. The summed E-state index contributed by atoms with van der Waals surface area (Å²) in [6.45, 7) is 6.27. The molecule has 0 fully saturated rings. The molecule has 6 nitrogen and oxygen atoms in total. The molecule has 0 bridgehead atoms. The molecule has 35 heavy (non-hydrogen) atoms. The highest BCUT2D eigenvalue weighted by molar-refractivity contribution is 9.10. The number of carbonyl (C=O) groups excluding carboxylic acids is 2. The molecule has 3 aromatic rings. The van der Waals surface area contributed by atoms with Crippen LogP contribution >= 0.6 is 28.1 Å². The predicted molar refractivity (Wildman–Crippen MR) is 147 cm³/mol. The second-order valence-corrected chi connectivity index (χ2v) is 10.2. The monoisotopic (exact) mass is 553 g/mol. The van der Waals surface area contributed by atoms with Crippen LogP contribution in [0, 0.1) is 0 Å².